The summed E-state index contributed by atoms with van der Waals surface area (Å²) in [5.74, 6) is 3.42. The van der Waals surface area contributed by atoms with Crippen LogP contribution < -0.4 is 9.80 Å². The number of imidazole rings is 2. The number of anilines is 2. The molecule has 0 saturated heterocycles. The molecule has 4 aromatic heterocycles. The summed E-state index contributed by atoms with van der Waals surface area (Å²) in [7, 11) is 0. The van der Waals surface area contributed by atoms with Crippen LogP contribution in [0.5, 0.6) is 0 Å². The molecule has 16 rings (SSSR count). The predicted octanol–water partition coefficient (Wildman–Crippen LogP) is 23.5. The first-order valence-electron chi connectivity index (χ1n) is 34.9. The van der Waals surface area contributed by atoms with Gasteiger partial charge in [0.1, 0.15) is 11.2 Å². The van der Waals surface area contributed by atoms with Gasteiger partial charge in [0.05, 0.1) is 11.6 Å². The Hall–Kier alpha value is -9.80. The number of hydrogen-bond donors (Lipinski definition) is 0. The van der Waals surface area contributed by atoms with Crippen LogP contribution in [0.15, 0.2) is 265 Å². The van der Waals surface area contributed by atoms with E-state index in [2.05, 4.69) is 306 Å². The zero-order valence-corrected chi connectivity index (χ0v) is 64.7. The molecule has 12 heteroatoms. The van der Waals surface area contributed by atoms with E-state index < -0.39 is 0 Å². The molecular weight excluding hydrogens is 1610 g/mol. The Kier molecular flexibility index (Phi) is 23.7. The van der Waals surface area contributed by atoms with Gasteiger partial charge in [0.2, 0.25) is 0 Å². The second kappa shape index (κ2) is 32.9. The molecule has 0 atom stereocenters. The predicted molar refractivity (Wildman–Crippen MR) is 414 cm³/mol. The topological polar surface area (TPSA) is 74.9 Å². The van der Waals surface area contributed by atoms with E-state index in [1.54, 1.807) is 0 Å². The molecule has 0 aliphatic carbocycles. The van der Waals surface area contributed by atoms with Gasteiger partial charge < -0.3 is 37.6 Å². The minimum Gasteiger partial charge on any atom is -0.514 e. The smallest absolute Gasteiger partial charge is 0.514 e. The van der Waals surface area contributed by atoms with Crippen molar-refractivity contribution in [3.8, 4) is 56.4 Å². The van der Waals surface area contributed by atoms with E-state index in [0.717, 1.165) is 78.0 Å². The van der Waals surface area contributed by atoms with Crippen LogP contribution in [-0.4, -0.2) is 41.0 Å². The molecule has 10 aromatic carbocycles. The zero-order chi connectivity index (χ0) is 69.6. The average molecular weight is 1700 g/mol. The Morgan fingerprint density at radius 3 is 1.04 bits per heavy atom. The van der Waals surface area contributed by atoms with E-state index in [9.17, 15) is 0 Å². The molecule has 0 saturated carbocycles. The minimum absolute atomic E-state index is 0. The standard InChI is InChI=1S/2C27H27N2.2C18H16N2O.2Ir/c2*1-19(2)24-17-23(21-11-7-5-8-12-21)18-25(20(3)4)26(24)29-16-15-28-27(29)22-13-9-6-10-14-22;2*1-13(2)19-10-11-20(12-19)16-8-5-7-15-14-6-3-4-9-17(14)21-18(15)16;;/h2*5-13,15-20H,1-4H3;2*3-7,9-13H,1-2H3;;/q2*-1;2*-2;2*+3. The first kappa shape index (κ1) is 73.4. The summed E-state index contributed by atoms with van der Waals surface area (Å²) in [4.78, 5) is 17.8. The molecule has 0 bridgehead atoms. The van der Waals surface area contributed by atoms with E-state index in [4.69, 9.17) is 8.83 Å². The fraction of sp³-hybridized carbons (Fsp3) is 0.200. The molecule has 2 aliphatic heterocycles. The zero-order valence-electron chi connectivity index (χ0n) is 59.9. The van der Waals surface area contributed by atoms with Crippen LogP contribution >= 0.6 is 0 Å². The van der Waals surface area contributed by atoms with Crippen LogP contribution in [0.3, 0.4) is 0 Å². The van der Waals surface area contributed by atoms with Crippen molar-refractivity contribution in [3.63, 3.8) is 0 Å². The fourth-order valence-corrected chi connectivity index (χ4v) is 13.1. The van der Waals surface area contributed by atoms with Crippen molar-refractivity contribution in [1.29, 1.82) is 0 Å². The Morgan fingerprint density at radius 2 is 0.706 bits per heavy atom. The van der Waals surface area contributed by atoms with Crippen LogP contribution in [-0.2, 0) is 40.2 Å². The summed E-state index contributed by atoms with van der Waals surface area (Å²) in [5.41, 5.74) is 20.4. The molecule has 0 fully saturated rings. The van der Waals surface area contributed by atoms with Crippen molar-refractivity contribution in [2.45, 2.75) is 119 Å². The van der Waals surface area contributed by atoms with Gasteiger partial charge in [0.15, 0.2) is 0 Å². The van der Waals surface area contributed by atoms with Gasteiger partial charge in [-0.1, -0.05) is 175 Å². The van der Waals surface area contributed by atoms with Crippen LogP contribution in [0.2, 0.25) is 0 Å². The number of hydrogen-bond acceptors (Lipinski definition) is 8. The van der Waals surface area contributed by atoms with Gasteiger partial charge in [-0.3, -0.25) is 9.97 Å². The number of benzene rings is 10. The van der Waals surface area contributed by atoms with E-state index >= 15 is 0 Å². The molecule has 102 heavy (non-hydrogen) atoms. The third-order valence-electron chi connectivity index (χ3n) is 18.4. The monoisotopic (exact) mass is 1700 g/mol. The molecule has 10 nitrogen and oxygen atoms in total. The normalized spacial score (nSPS) is 12.6. The van der Waals surface area contributed by atoms with Crippen LogP contribution in [0.4, 0.5) is 11.4 Å². The Balaban J connectivity index is 0.000000137. The summed E-state index contributed by atoms with van der Waals surface area (Å²) < 4.78 is 16.6. The number of aromatic nitrogens is 4. The molecule has 14 aromatic rings. The van der Waals surface area contributed by atoms with Gasteiger partial charge >= 0.3 is 40.2 Å². The number of furan rings is 2. The Labute approximate surface area is 629 Å². The third-order valence-corrected chi connectivity index (χ3v) is 18.4. The average Bonchev–Trinajstić information content (AvgIpc) is 1.33. The van der Waals surface area contributed by atoms with Crippen molar-refractivity contribution < 1.29 is 49.0 Å². The molecule has 0 radical (unpaired) electrons. The maximum atomic E-state index is 6.05. The fourth-order valence-electron chi connectivity index (χ4n) is 13.1. The van der Waals surface area contributed by atoms with Crippen LogP contribution in [0.1, 0.15) is 129 Å². The first-order valence-corrected chi connectivity index (χ1v) is 34.9. The van der Waals surface area contributed by atoms with Gasteiger partial charge in [-0.2, -0.15) is 49.7 Å². The van der Waals surface area contributed by atoms with E-state index in [1.807, 2.05) is 110 Å². The summed E-state index contributed by atoms with van der Waals surface area (Å²) in [6.07, 6.45) is 16.1. The summed E-state index contributed by atoms with van der Waals surface area (Å²) >= 11 is 0. The van der Waals surface area contributed by atoms with Gasteiger partial charge in [-0.25, -0.2) is 0 Å². The maximum Gasteiger partial charge on any atom is 3.00 e. The van der Waals surface area contributed by atoms with Crippen LogP contribution in [0, 0.1) is 37.6 Å². The molecule has 0 spiro atoms. The quantitative estimate of drug-likeness (QED) is 0.0997. The Bertz CT molecular complexity index is 4760. The van der Waals surface area contributed by atoms with E-state index in [-0.39, 0.29) is 40.2 Å². The van der Waals surface area contributed by atoms with Gasteiger partial charge in [-0.15, -0.1) is 71.8 Å². The van der Waals surface area contributed by atoms with E-state index in [1.165, 1.54) is 55.9 Å². The molecule has 0 unspecified atom stereocenters. The Morgan fingerprint density at radius 1 is 0.353 bits per heavy atom. The molecule has 0 N–H and O–H groups in total. The minimum atomic E-state index is 0. The van der Waals surface area contributed by atoms with Gasteiger partial charge in [0.25, 0.3) is 0 Å². The van der Waals surface area contributed by atoms with Crippen molar-refractivity contribution in [3.05, 3.63) is 316 Å². The number of fused-ring (bicyclic) bond motifs is 6. The molecule has 516 valence electrons. The second-order valence-corrected chi connectivity index (χ2v) is 27.2. The molecule has 2 aliphatic rings. The van der Waals surface area contributed by atoms with Crippen LogP contribution in [0.25, 0.3) is 100 Å². The largest absolute Gasteiger partial charge is 3.00 e. The molecule has 6 heterocycles. The molecule has 0 amide bonds. The number of rotatable bonds is 14. The van der Waals surface area contributed by atoms with Crippen molar-refractivity contribution in [2.24, 2.45) is 0 Å². The van der Waals surface area contributed by atoms with Crippen molar-refractivity contribution in [1.82, 2.24) is 28.9 Å². The summed E-state index contributed by atoms with van der Waals surface area (Å²) in [5, 5.41) is 4.55. The summed E-state index contributed by atoms with van der Waals surface area (Å²) in [6, 6.07) is 85.2. The molecular formula is C90H86Ir2N8O2. The van der Waals surface area contributed by atoms with Crippen molar-refractivity contribution in [2.75, 3.05) is 9.80 Å². The summed E-state index contributed by atoms with van der Waals surface area (Å²) in [6.45, 7) is 30.9. The maximum absolute atomic E-state index is 6.05. The van der Waals surface area contributed by atoms with Gasteiger partial charge in [0, 0.05) is 58.1 Å². The third kappa shape index (κ3) is 15.6. The van der Waals surface area contributed by atoms with Gasteiger partial charge in [-0.05, 0) is 169 Å². The van der Waals surface area contributed by atoms with E-state index in [0.29, 0.717) is 35.8 Å². The first-order chi connectivity index (χ1) is 48.6. The van der Waals surface area contributed by atoms with Crippen molar-refractivity contribution >= 4 is 55.3 Å². The SMILES string of the molecule is CC(C)N1C=CN(c2[c-]ccc3c2oc2ccccc23)[CH-]1.CC(C)N1C=CN(c2[c-]ccc3c2oc2ccccc23)[CH-]1.CC(C)c1cc(-c2ccccc2)cc(C(C)C)c1-n1ccnc1-c1[c-]cccc1.CC(C)c1cc(-c2ccccc2)cc(C(C)C)c1-n1ccnc1-c1[c-]cccc1.[Ir+3].[Ir+3]. The number of nitrogens with zero attached hydrogens (tertiary/aromatic N) is 8. The number of para-hydroxylation sites is 2. The second-order valence-electron chi connectivity index (χ2n) is 27.2.